The molecule has 0 spiro atoms. The van der Waals surface area contributed by atoms with Crippen molar-refractivity contribution in [1.29, 1.82) is 0 Å². The summed E-state index contributed by atoms with van der Waals surface area (Å²) < 4.78 is 5.65. The van der Waals surface area contributed by atoms with Gasteiger partial charge in [0.15, 0.2) is 0 Å². The monoisotopic (exact) mass is 279 g/mol. The van der Waals surface area contributed by atoms with Crippen molar-refractivity contribution in [3.05, 3.63) is 0 Å². The van der Waals surface area contributed by atoms with Crippen LogP contribution in [0.4, 0.5) is 0 Å². The number of hydrogen-bond acceptors (Lipinski definition) is 2. The molecule has 2 saturated carbocycles. The summed E-state index contributed by atoms with van der Waals surface area (Å²) in [5.74, 6) is 1.28. The highest BCUT2D eigenvalue weighted by atomic mass is 16.5. The van der Waals surface area contributed by atoms with Crippen LogP contribution < -0.4 is 0 Å². The van der Waals surface area contributed by atoms with E-state index in [1.54, 1.807) is 0 Å². The zero-order valence-electron chi connectivity index (χ0n) is 12.9. The van der Waals surface area contributed by atoms with Gasteiger partial charge >= 0.3 is 0 Å². The average molecular weight is 279 g/mol. The normalized spacial score (nSPS) is 34.1. The van der Waals surface area contributed by atoms with Gasteiger partial charge in [-0.05, 0) is 57.3 Å². The molecule has 114 valence electrons. The lowest BCUT2D eigenvalue weighted by Gasteiger charge is -2.37. The highest BCUT2D eigenvalue weighted by Gasteiger charge is 2.39. The Morgan fingerprint density at radius 2 is 1.70 bits per heavy atom. The molecule has 1 aliphatic heterocycles. The van der Waals surface area contributed by atoms with Crippen LogP contribution in [0, 0.1) is 5.92 Å². The number of hydrogen-bond donors (Lipinski definition) is 0. The second-order valence-corrected chi connectivity index (χ2v) is 6.95. The molecule has 1 atom stereocenters. The van der Waals surface area contributed by atoms with E-state index in [-0.39, 0.29) is 6.10 Å². The van der Waals surface area contributed by atoms with Crippen molar-refractivity contribution >= 4 is 5.91 Å². The first-order chi connectivity index (χ1) is 9.78. The van der Waals surface area contributed by atoms with Gasteiger partial charge in [0.1, 0.15) is 0 Å². The fourth-order valence-electron chi connectivity index (χ4n) is 3.99. The minimum absolute atomic E-state index is 0.204. The number of rotatable bonds is 5. The second kappa shape index (κ2) is 6.46. The Hall–Kier alpha value is -0.570. The fraction of sp³-hybridized carbons (Fsp3) is 0.941. The van der Waals surface area contributed by atoms with Gasteiger partial charge in [0, 0.05) is 18.7 Å². The van der Waals surface area contributed by atoms with Crippen LogP contribution in [0.2, 0.25) is 0 Å². The molecular formula is C17H29NO2. The standard InChI is InChI=1S/C17H29NO2/c1-2-13-5-7-14(8-6-13)18(15-9-10-15)17(19)12-16-4-3-11-20-16/h13-16H,2-12H2,1H3. The van der Waals surface area contributed by atoms with E-state index in [0.717, 1.165) is 25.4 Å². The topological polar surface area (TPSA) is 29.5 Å². The number of carbonyl (C=O) groups excluding carboxylic acids is 1. The zero-order valence-corrected chi connectivity index (χ0v) is 12.9. The lowest BCUT2D eigenvalue weighted by molar-refractivity contribution is -0.137. The van der Waals surface area contributed by atoms with Gasteiger partial charge < -0.3 is 9.64 Å². The number of amides is 1. The summed E-state index contributed by atoms with van der Waals surface area (Å²) >= 11 is 0. The van der Waals surface area contributed by atoms with Crippen LogP contribution in [0.15, 0.2) is 0 Å². The molecule has 0 aromatic rings. The molecule has 0 N–H and O–H groups in total. The van der Waals surface area contributed by atoms with Crippen molar-refractivity contribution in [2.75, 3.05) is 6.61 Å². The molecule has 1 unspecified atom stereocenters. The van der Waals surface area contributed by atoms with Gasteiger partial charge in [0.05, 0.1) is 12.5 Å². The first kappa shape index (κ1) is 14.4. The van der Waals surface area contributed by atoms with E-state index in [0.29, 0.717) is 24.4 Å². The molecule has 3 rings (SSSR count). The van der Waals surface area contributed by atoms with Gasteiger partial charge in [0.25, 0.3) is 0 Å². The Balaban J connectivity index is 1.56. The van der Waals surface area contributed by atoms with E-state index in [4.69, 9.17) is 4.74 Å². The van der Waals surface area contributed by atoms with Crippen LogP contribution in [0.3, 0.4) is 0 Å². The van der Waals surface area contributed by atoms with Crippen molar-refractivity contribution in [3.63, 3.8) is 0 Å². The van der Waals surface area contributed by atoms with Crippen LogP contribution in [-0.2, 0) is 9.53 Å². The molecule has 0 radical (unpaired) electrons. The van der Waals surface area contributed by atoms with Crippen LogP contribution in [0.5, 0.6) is 0 Å². The van der Waals surface area contributed by atoms with E-state index in [9.17, 15) is 4.79 Å². The molecule has 0 bridgehead atoms. The summed E-state index contributed by atoms with van der Waals surface area (Å²) in [5, 5.41) is 0. The van der Waals surface area contributed by atoms with Gasteiger partial charge in [0.2, 0.25) is 5.91 Å². The largest absolute Gasteiger partial charge is 0.378 e. The van der Waals surface area contributed by atoms with Crippen LogP contribution in [0.1, 0.15) is 71.1 Å². The quantitative estimate of drug-likeness (QED) is 0.770. The molecule has 0 aromatic carbocycles. The van der Waals surface area contributed by atoms with Crippen molar-refractivity contribution in [1.82, 2.24) is 4.90 Å². The summed E-state index contributed by atoms with van der Waals surface area (Å²) in [4.78, 5) is 14.9. The zero-order chi connectivity index (χ0) is 13.9. The van der Waals surface area contributed by atoms with Gasteiger partial charge in [-0.1, -0.05) is 13.3 Å². The molecular weight excluding hydrogens is 250 g/mol. The van der Waals surface area contributed by atoms with Crippen LogP contribution in [0.25, 0.3) is 0 Å². The summed E-state index contributed by atoms with van der Waals surface area (Å²) in [5.41, 5.74) is 0. The number of nitrogens with zero attached hydrogens (tertiary/aromatic N) is 1. The summed E-state index contributed by atoms with van der Waals surface area (Å²) in [6, 6.07) is 1.09. The molecule has 3 nitrogen and oxygen atoms in total. The average Bonchev–Trinajstić information content (AvgIpc) is 3.16. The van der Waals surface area contributed by atoms with Gasteiger partial charge in [-0.15, -0.1) is 0 Å². The molecule has 3 heteroatoms. The summed E-state index contributed by atoms with van der Waals surface area (Å²) in [6.45, 7) is 3.15. The number of carbonyl (C=O) groups is 1. The minimum atomic E-state index is 0.204. The lowest BCUT2D eigenvalue weighted by atomic mass is 9.83. The Morgan fingerprint density at radius 3 is 2.20 bits per heavy atom. The molecule has 3 fully saturated rings. The van der Waals surface area contributed by atoms with E-state index >= 15 is 0 Å². The van der Waals surface area contributed by atoms with Crippen molar-refractivity contribution in [2.45, 2.75) is 89.3 Å². The maximum atomic E-state index is 12.7. The smallest absolute Gasteiger partial charge is 0.225 e. The lowest BCUT2D eigenvalue weighted by Crippen LogP contribution is -2.44. The number of ether oxygens (including phenoxy) is 1. The molecule has 2 aliphatic carbocycles. The second-order valence-electron chi connectivity index (χ2n) is 6.95. The van der Waals surface area contributed by atoms with Crippen molar-refractivity contribution in [2.24, 2.45) is 5.92 Å². The third-order valence-electron chi connectivity index (χ3n) is 5.44. The maximum Gasteiger partial charge on any atom is 0.225 e. The van der Waals surface area contributed by atoms with Gasteiger partial charge in [-0.2, -0.15) is 0 Å². The highest BCUT2D eigenvalue weighted by molar-refractivity contribution is 5.77. The first-order valence-corrected chi connectivity index (χ1v) is 8.70. The fourth-order valence-corrected chi connectivity index (χ4v) is 3.99. The maximum absolute atomic E-state index is 12.7. The third-order valence-corrected chi connectivity index (χ3v) is 5.44. The van der Waals surface area contributed by atoms with E-state index in [2.05, 4.69) is 11.8 Å². The van der Waals surface area contributed by atoms with E-state index in [1.807, 2.05) is 0 Å². The SMILES string of the molecule is CCC1CCC(N(C(=O)CC2CCCO2)C2CC2)CC1. The molecule has 20 heavy (non-hydrogen) atoms. The van der Waals surface area contributed by atoms with Gasteiger partial charge in [-0.3, -0.25) is 4.79 Å². The van der Waals surface area contributed by atoms with E-state index in [1.165, 1.54) is 44.9 Å². The Morgan fingerprint density at radius 1 is 1.05 bits per heavy atom. The Kier molecular flexibility index (Phi) is 4.65. The van der Waals surface area contributed by atoms with Gasteiger partial charge in [-0.25, -0.2) is 0 Å². The van der Waals surface area contributed by atoms with Crippen LogP contribution >= 0.6 is 0 Å². The molecule has 1 heterocycles. The van der Waals surface area contributed by atoms with Crippen molar-refractivity contribution < 1.29 is 9.53 Å². The molecule has 1 saturated heterocycles. The molecule has 3 aliphatic rings. The van der Waals surface area contributed by atoms with E-state index < -0.39 is 0 Å². The summed E-state index contributed by atoms with van der Waals surface area (Å²) in [6.07, 6.45) is 11.9. The predicted octanol–water partition coefficient (Wildman–Crippen LogP) is 3.52. The highest BCUT2D eigenvalue weighted by Crippen LogP contribution is 2.37. The van der Waals surface area contributed by atoms with Crippen LogP contribution in [-0.4, -0.2) is 35.6 Å². The minimum Gasteiger partial charge on any atom is -0.378 e. The Labute approximate surface area is 123 Å². The molecule has 0 aromatic heterocycles. The predicted molar refractivity (Wildman–Crippen MR) is 79.5 cm³/mol. The summed E-state index contributed by atoms with van der Waals surface area (Å²) in [7, 11) is 0. The van der Waals surface area contributed by atoms with Crippen molar-refractivity contribution in [3.8, 4) is 0 Å². The molecule has 1 amide bonds. The Bertz CT molecular complexity index is 326. The first-order valence-electron chi connectivity index (χ1n) is 8.70. The third kappa shape index (κ3) is 3.36.